The van der Waals surface area contributed by atoms with Crippen molar-refractivity contribution < 1.29 is 236 Å². The van der Waals surface area contributed by atoms with Crippen LogP contribution in [-0.2, 0) is 147 Å². The van der Waals surface area contributed by atoms with Crippen molar-refractivity contribution in [3.63, 3.8) is 0 Å². The molecule has 0 saturated carbocycles. The molecular weight excluding hydrogens is 1580 g/mol. The van der Waals surface area contributed by atoms with Gasteiger partial charge in [-0.05, 0) is 0 Å². The standard InChI is InChI=1S/14FHO3S.14H3N/c14*1-5(2,3)4;;;;;;;;;;;;;;/h14*(H,2,3,4);14*1H3. The molecule has 0 rings (SSSR count). The zero-order valence-corrected chi connectivity index (χ0v) is 50.0. The minimum atomic E-state index is -5.17. The molecule has 0 aliphatic carbocycles. The lowest BCUT2D eigenvalue weighted by Gasteiger charge is -1.63. The van der Waals surface area contributed by atoms with E-state index in [2.05, 4.69) is 0 Å². The molecule has 84 heteroatoms. The van der Waals surface area contributed by atoms with Gasteiger partial charge < -0.3 is 86.1 Å². The normalized spacial score (nSPS) is 9.67. The summed E-state index contributed by atoms with van der Waals surface area (Å²) in [4.78, 5) is 0. The molecule has 0 amide bonds. The summed E-state index contributed by atoms with van der Waals surface area (Å²) in [6.45, 7) is 0. The Labute approximate surface area is 467 Å². The summed E-state index contributed by atoms with van der Waals surface area (Å²) in [7, 11) is -72.3. The van der Waals surface area contributed by atoms with Crippen molar-refractivity contribution in [3.05, 3.63) is 0 Å². The Morgan fingerprint density at radius 3 is 0.107 bits per heavy atom. The van der Waals surface area contributed by atoms with E-state index in [0.29, 0.717) is 0 Å². The van der Waals surface area contributed by atoms with Crippen molar-refractivity contribution in [1.29, 1.82) is 0 Å². The smallest absolute Gasteiger partial charge is 0.344 e. The predicted octanol–water partition coefficient (Wildman–Crippen LogP) is -1.11. The average Bonchev–Trinajstić information content (AvgIpc) is 2.60. The minimum Gasteiger partial charge on any atom is -0.344 e. The largest absolute Gasteiger partial charge is 0.435 e. The number of halogens is 14. The topological polar surface area (TPSA) is 1250 Å². The fourth-order valence-corrected chi connectivity index (χ4v) is 0. The van der Waals surface area contributed by atoms with Gasteiger partial charge in [-0.25, -0.2) is 0 Å². The van der Waals surface area contributed by atoms with Crippen LogP contribution in [0, 0.1) is 0 Å². The second-order valence-electron chi connectivity index (χ2n) is 5.77. The third-order valence-corrected chi connectivity index (χ3v) is 0. The Morgan fingerprint density at radius 1 is 0.107 bits per heavy atom. The third kappa shape index (κ3) is 61800. The van der Waals surface area contributed by atoms with Crippen molar-refractivity contribution in [1.82, 2.24) is 86.1 Å². The molecule has 56 nitrogen and oxygen atoms in total. The lowest BCUT2D eigenvalue weighted by molar-refractivity contribution is 0.432. The first-order valence-corrected chi connectivity index (χ1v) is 28.1. The highest BCUT2D eigenvalue weighted by Gasteiger charge is 1.95. The van der Waals surface area contributed by atoms with E-state index in [0.717, 1.165) is 0 Å². The van der Waals surface area contributed by atoms with Crippen LogP contribution in [0.3, 0.4) is 0 Å². The Hall–Kier alpha value is -2.80. The first kappa shape index (κ1) is 185. The van der Waals surface area contributed by atoms with Crippen LogP contribution >= 0.6 is 0 Å². The van der Waals surface area contributed by atoms with Gasteiger partial charge in [0.1, 0.15) is 0 Å². The average molecular weight is 1640 g/mol. The monoisotopic (exact) mass is 1640 g/mol. The van der Waals surface area contributed by atoms with Gasteiger partial charge in [-0.2, -0.15) is 118 Å². The van der Waals surface area contributed by atoms with Gasteiger partial charge in [0.25, 0.3) is 0 Å². The van der Waals surface area contributed by atoms with Crippen LogP contribution in [0.25, 0.3) is 0 Å². The van der Waals surface area contributed by atoms with Crippen molar-refractivity contribution in [2.24, 2.45) is 0 Å². The third-order valence-electron chi connectivity index (χ3n) is 0. The highest BCUT2D eigenvalue weighted by atomic mass is 32.3. The molecule has 0 heterocycles. The van der Waals surface area contributed by atoms with E-state index in [9.17, 15) is 54.4 Å². The molecule has 0 aromatic heterocycles. The lowest BCUT2D eigenvalue weighted by Crippen LogP contribution is -1.80. The predicted molar refractivity (Wildman–Crippen MR) is 248 cm³/mol. The molecule has 0 atom stereocenters. The molecule has 0 bridgehead atoms. The van der Waals surface area contributed by atoms with Crippen LogP contribution < -0.4 is 86.1 Å². The summed E-state index contributed by atoms with van der Waals surface area (Å²) in [6.07, 6.45) is 0. The fourth-order valence-electron chi connectivity index (χ4n) is 0. The lowest BCUT2D eigenvalue weighted by atomic mass is 14.0. The molecule has 560 valence electrons. The molecule has 0 saturated heterocycles. The molecule has 0 spiro atoms. The van der Waals surface area contributed by atoms with E-state index >= 15 is 0 Å². The van der Waals surface area contributed by atoms with Gasteiger partial charge in [-0.15, -0.1) is 0 Å². The minimum absolute atomic E-state index is 0. The highest BCUT2D eigenvalue weighted by molar-refractivity contribution is 7.83. The highest BCUT2D eigenvalue weighted by Crippen LogP contribution is 1.79. The molecule has 84 heavy (non-hydrogen) atoms. The van der Waals surface area contributed by atoms with Gasteiger partial charge in [0.2, 0.25) is 0 Å². The molecular formula is H56F14N14O42S14. The van der Waals surface area contributed by atoms with Gasteiger partial charge in [-0.3, -0.25) is 63.7 Å². The van der Waals surface area contributed by atoms with Crippen LogP contribution in [0.4, 0.5) is 54.4 Å². The van der Waals surface area contributed by atoms with Crippen molar-refractivity contribution >= 4 is 147 Å². The van der Waals surface area contributed by atoms with Gasteiger partial charge in [0, 0.05) is 0 Å². The van der Waals surface area contributed by atoms with Crippen LogP contribution in [0.5, 0.6) is 0 Å². The second kappa shape index (κ2) is 76.3. The zero-order valence-electron chi connectivity index (χ0n) is 38.6. The summed E-state index contributed by atoms with van der Waals surface area (Å²) in [5.41, 5.74) is 0. The van der Waals surface area contributed by atoms with E-state index in [-0.39, 0.29) is 86.1 Å². The Kier molecular flexibility index (Phi) is 168. The maximum Gasteiger partial charge on any atom is 0.435 e. The number of rotatable bonds is 0. The SMILES string of the molecule is N.N.N.N.N.N.N.N.N.N.N.N.N.N.O=S(=O)(O)F.O=S(=O)(O)F.O=S(=O)(O)F.O=S(=O)(O)F.O=S(=O)(O)F.O=S(=O)(O)F.O=S(=O)(O)F.O=S(=O)(O)F.O=S(=O)(O)F.O=S(=O)(O)F.O=S(=O)(O)F.O=S(=O)(O)F.O=S(=O)(O)F.O=S(=O)(O)F. The van der Waals surface area contributed by atoms with Crippen LogP contribution in [0.1, 0.15) is 0 Å². The van der Waals surface area contributed by atoms with Gasteiger partial charge in [0.05, 0.1) is 0 Å². The molecule has 0 unspecified atom stereocenters. The summed E-state index contributed by atoms with van der Waals surface area (Å²) in [5.74, 6) is 0. The number of hydrogen-bond acceptors (Lipinski definition) is 42. The summed E-state index contributed by atoms with van der Waals surface area (Å²) < 4.78 is 477. The Morgan fingerprint density at radius 2 is 0.107 bits per heavy atom. The van der Waals surface area contributed by atoms with Crippen LogP contribution in [0.15, 0.2) is 0 Å². The first-order valence-electron chi connectivity index (χ1n) is 9.38. The fraction of sp³-hybridized carbons (Fsp3) is 0. The number of hydrogen-bond donors (Lipinski definition) is 28. The molecule has 0 fully saturated rings. The molecule has 56 N–H and O–H groups in total. The molecule has 0 aliphatic rings. The van der Waals surface area contributed by atoms with Gasteiger partial charge >= 0.3 is 147 Å². The maximum absolute atomic E-state index is 10.2. The molecule has 0 aromatic carbocycles. The Bertz CT molecular complexity index is 2120. The zero-order chi connectivity index (χ0) is 63.0. The molecule has 0 aromatic rings. The first-order chi connectivity index (χ1) is 28.0. The van der Waals surface area contributed by atoms with Gasteiger partial charge in [-0.1, -0.05) is 54.4 Å². The molecule has 0 aliphatic heterocycles. The van der Waals surface area contributed by atoms with E-state index in [1.165, 1.54) is 0 Å². The van der Waals surface area contributed by atoms with Crippen LogP contribution in [0.2, 0.25) is 0 Å². The van der Waals surface area contributed by atoms with Crippen LogP contribution in [-0.4, -0.2) is 182 Å². The maximum atomic E-state index is 10.2. The van der Waals surface area contributed by atoms with Crippen molar-refractivity contribution in [2.45, 2.75) is 0 Å². The quantitative estimate of drug-likeness (QED) is 0.0777. The molecule has 0 radical (unpaired) electrons. The van der Waals surface area contributed by atoms with Gasteiger partial charge in [0.15, 0.2) is 0 Å². The summed E-state index contributed by atoms with van der Waals surface area (Å²) in [5, 5.41) is 0. The van der Waals surface area contributed by atoms with Crippen molar-refractivity contribution in [3.8, 4) is 0 Å². The van der Waals surface area contributed by atoms with E-state index < -0.39 is 147 Å². The van der Waals surface area contributed by atoms with E-state index in [1.807, 2.05) is 0 Å². The summed E-state index contributed by atoms with van der Waals surface area (Å²) >= 11 is 0. The second-order valence-corrected chi connectivity index (χ2v) is 17.3. The Balaban J connectivity index is -0.0000000153. The van der Waals surface area contributed by atoms with E-state index in [1.54, 1.807) is 0 Å². The summed E-state index contributed by atoms with van der Waals surface area (Å²) in [6, 6.07) is 0. The van der Waals surface area contributed by atoms with Crippen molar-refractivity contribution in [2.75, 3.05) is 0 Å². The van der Waals surface area contributed by atoms with E-state index in [4.69, 9.17) is 182 Å².